The summed E-state index contributed by atoms with van der Waals surface area (Å²) >= 11 is 6.31. The van der Waals surface area contributed by atoms with E-state index in [0.29, 0.717) is 5.75 Å². The van der Waals surface area contributed by atoms with E-state index in [0.717, 1.165) is 22.3 Å². The molecule has 0 fully saturated rings. The third-order valence-electron chi connectivity index (χ3n) is 4.58. The monoisotopic (exact) mass is 409 g/mol. The van der Waals surface area contributed by atoms with Crippen LogP contribution >= 0.6 is 11.6 Å². The average molecular weight is 410 g/mol. The fourth-order valence-corrected chi connectivity index (χ4v) is 3.38. The van der Waals surface area contributed by atoms with E-state index >= 15 is 0 Å². The maximum absolute atomic E-state index is 11.1. The molecule has 0 aliphatic heterocycles. The lowest BCUT2D eigenvalue weighted by atomic mass is 10.2. The van der Waals surface area contributed by atoms with E-state index in [1.807, 2.05) is 54.1 Å². The Morgan fingerprint density at radius 2 is 1.86 bits per heavy atom. The molecule has 29 heavy (non-hydrogen) atoms. The highest BCUT2D eigenvalue weighted by Crippen LogP contribution is 2.40. The van der Waals surface area contributed by atoms with Crippen LogP contribution in [0.15, 0.2) is 55.0 Å². The number of nitrogens with zero attached hydrogens (tertiary/aromatic N) is 4. The molecular formula is C20H16ClN5O3. The van der Waals surface area contributed by atoms with E-state index in [-0.39, 0.29) is 22.3 Å². The van der Waals surface area contributed by atoms with Gasteiger partial charge in [0.05, 0.1) is 6.20 Å². The van der Waals surface area contributed by atoms with Crippen LogP contribution in [0, 0.1) is 17.0 Å². The molecule has 1 aromatic carbocycles. The highest BCUT2D eigenvalue weighted by atomic mass is 35.5. The van der Waals surface area contributed by atoms with Crippen LogP contribution in [0.5, 0.6) is 11.5 Å². The van der Waals surface area contributed by atoms with E-state index < -0.39 is 4.92 Å². The van der Waals surface area contributed by atoms with Crippen molar-refractivity contribution in [2.24, 2.45) is 0 Å². The molecular weight excluding hydrogens is 394 g/mol. The molecule has 3 heterocycles. The summed E-state index contributed by atoms with van der Waals surface area (Å²) in [6, 6.07) is 11.9. The summed E-state index contributed by atoms with van der Waals surface area (Å²) in [6.45, 7) is 1.92. The Bertz CT molecular complexity index is 1220. The number of pyridine rings is 2. The molecule has 3 aromatic heterocycles. The van der Waals surface area contributed by atoms with Crippen molar-refractivity contribution >= 4 is 34.1 Å². The van der Waals surface area contributed by atoms with Crippen LogP contribution in [0.1, 0.15) is 5.56 Å². The van der Waals surface area contributed by atoms with Gasteiger partial charge < -0.3 is 24.7 Å². The first-order chi connectivity index (χ1) is 14.0. The Morgan fingerprint density at radius 3 is 2.55 bits per heavy atom. The molecule has 1 N–H and O–H groups in total. The smallest absolute Gasteiger partial charge is 0.388 e. The molecule has 146 valence electrons. The molecule has 0 amide bonds. The minimum atomic E-state index is -0.605. The van der Waals surface area contributed by atoms with Crippen LogP contribution in [-0.2, 0) is 0 Å². The van der Waals surface area contributed by atoms with Gasteiger partial charge in [-0.1, -0.05) is 29.8 Å². The summed E-state index contributed by atoms with van der Waals surface area (Å²) < 4.78 is 7.90. The standard InChI is InChI=1S/C20H16ClN5O3/c1-12-14-8-9-25(13-6-4-3-5-7-13)19(14)23-10-15(12)29-16-11-24-20(26(27)28)18(22-2)17(16)21/h3-11,22H,1-2H3. The Labute approximate surface area is 170 Å². The van der Waals surface area contributed by atoms with Gasteiger partial charge in [-0.15, -0.1) is 0 Å². The molecule has 9 heteroatoms. The van der Waals surface area contributed by atoms with Crippen molar-refractivity contribution in [2.45, 2.75) is 6.92 Å². The van der Waals surface area contributed by atoms with E-state index in [4.69, 9.17) is 16.3 Å². The van der Waals surface area contributed by atoms with Gasteiger partial charge in [-0.2, -0.15) is 0 Å². The van der Waals surface area contributed by atoms with E-state index in [1.54, 1.807) is 6.20 Å². The van der Waals surface area contributed by atoms with Crippen LogP contribution < -0.4 is 10.1 Å². The second kappa shape index (κ2) is 7.40. The number of hydrogen-bond donors (Lipinski definition) is 1. The highest BCUT2D eigenvalue weighted by Gasteiger charge is 2.23. The Kier molecular flexibility index (Phi) is 4.77. The van der Waals surface area contributed by atoms with Gasteiger partial charge in [0, 0.05) is 29.9 Å². The van der Waals surface area contributed by atoms with Crippen LogP contribution in [-0.4, -0.2) is 26.5 Å². The SMILES string of the molecule is CNc1c([N+](=O)[O-])ncc(Oc2cnc3c(ccn3-c3ccccc3)c2C)c1Cl. The summed E-state index contributed by atoms with van der Waals surface area (Å²) in [7, 11) is 1.53. The second-order valence-corrected chi connectivity index (χ2v) is 6.63. The number of hydrogen-bond acceptors (Lipinski definition) is 6. The number of benzene rings is 1. The zero-order valence-corrected chi connectivity index (χ0v) is 16.3. The van der Waals surface area contributed by atoms with Crippen LogP contribution in [0.25, 0.3) is 16.7 Å². The maximum Gasteiger partial charge on any atom is 0.388 e. The first kappa shape index (κ1) is 18.7. The summed E-state index contributed by atoms with van der Waals surface area (Å²) in [5, 5.41) is 14.8. The topological polar surface area (TPSA) is 95.1 Å². The fourth-order valence-electron chi connectivity index (χ4n) is 3.11. The van der Waals surface area contributed by atoms with Gasteiger partial charge in [0.2, 0.25) is 0 Å². The van der Waals surface area contributed by atoms with Crippen molar-refractivity contribution in [3.63, 3.8) is 0 Å². The summed E-state index contributed by atoms with van der Waals surface area (Å²) in [5.41, 5.74) is 2.76. The van der Waals surface area contributed by atoms with Crippen molar-refractivity contribution in [1.82, 2.24) is 14.5 Å². The van der Waals surface area contributed by atoms with Gasteiger partial charge in [-0.3, -0.25) is 0 Å². The normalized spacial score (nSPS) is 10.9. The van der Waals surface area contributed by atoms with Gasteiger partial charge in [-0.05, 0) is 35.0 Å². The molecule has 8 nitrogen and oxygen atoms in total. The third-order valence-corrected chi connectivity index (χ3v) is 4.95. The molecule has 0 radical (unpaired) electrons. The quantitative estimate of drug-likeness (QED) is 0.363. The van der Waals surface area contributed by atoms with Crippen LogP contribution in [0.4, 0.5) is 11.5 Å². The van der Waals surface area contributed by atoms with Crippen LogP contribution in [0.2, 0.25) is 5.02 Å². The molecule has 0 saturated heterocycles. The molecule has 0 spiro atoms. The molecule has 0 aliphatic carbocycles. The van der Waals surface area contributed by atoms with Crippen LogP contribution in [0.3, 0.4) is 0 Å². The predicted octanol–water partition coefficient (Wildman–Crippen LogP) is 5.12. The average Bonchev–Trinajstić information content (AvgIpc) is 3.16. The van der Waals surface area contributed by atoms with Crippen molar-refractivity contribution < 1.29 is 9.66 Å². The lowest BCUT2D eigenvalue weighted by Gasteiger charge is -2.12. The van der Waals surface area contributed by atoms with E-state index in [1.165, 1.54) is 13.2 Å². The van der Waals surface area contributed by atoms with Gasteiger partial charge in [0.1, 0.15) is 16.4 Å². The molecule has 4 aromatic rings. The number of rotatable bonds is 5. The van der Waals surface area contributed by atoms with E-state index in [2.05, 4.69) is 15.3 Å². The molecule has 0 saturated carbocycles. The van der Waals surface area contributed by atoms with Gasteiger partial charge in [0.25, 0.3) is 0 Å². The number of anilines is 1. The highest BCUT2D eigenvalue weighted by molar-refractivity contribution is 6.35. The van der Waals surface area contributed by atoms with Gasteiger partial charge in [-0.25, -0.2) is 4.98 Å². The molecule has 0 bridgehead atoms. The minimum absolute atomic E-state index is 0.0792. The Morgan fingerprint density at radius 1 is 1.14 bits per heavy atom. The first-order valence-corrected chi connectivity index (χ1v) is 9.09. The number of nitro groups is 1. The molecule has 0 atom stereocenters. The fraction of sp³-hybridized carbons (Fsp3) is 0.100. The summed E-state index contributed by atoms with van der Waals surface area (Å²) in [4.78, 5) is 18.9. The lowest BCUT2D eigenvalue weighted by molar-refractivity contribution is -0.388. The van der Waals surface area contributed by atoms with Crippen molar-refractivity contribution in [3.05, 3.63) is 75.7 Å². The van der Waals surface area contributed by atoms with E-state index in [9.17, 15) is 10.1 Å². The number of fused-ring (bicyclic) bond motifs is 1. The number of para-hydroxylation sites is 1. The summed E-state index contributed by atoms with van der Waals surface area (Å²) in [5.74, 6) is 0.325. The molecule has 0 unspecified atom stereocenters. The van der Waals surface area contributed by atoms with Gasteiger partial charge >= 0.3 is 5.82 Å². The number of aryl methyl sites for hydroxylation is 1. The number of aromatic nitrogens is 3. The van der Waals surface area contributed by atoms with Crippen molar-refractivity contribution in [2.75, 3.05) is 12.4 Å². The number of halogens is 1. The molecule has 4 rings (SSSR count). The molecule has 0 aliphatic rings. The van der Waals surface area contributed by atoms with Crippen molar-refractivity contribution in [1.29, 1.82) is 0 Å². The third kappa shape index (κ3) is 3.23. The summed E-state index contributed by atoms with van der Waals surface area (Å²) in [6.07, 6.45) is 4.79. The number of ether oxygens (including phenoxy) is 1. The van der Waals surface area contributed by atoms with Crippen molar-refractivity contribution in [3.8, 4) is 17.2 Å². The maximum atomic E-state index is 11.1. The minimum Gasteiger partial charge on any atom is -0.450 e. The predicted molar refractivity (Wildman–Crippen MR) is 111 cm³/mol. The zero-order chi connectivity index (χ0) is 20.5. The second-order valence-electron chi connectivity index (χ2n) is 6.25. The first-order valence-electron chi connectivity index (χ1n) is 8.72. The van der Waals surface area contributed by atoms with Gasteiger partial charge in [0.15, 0.2) is 17.6 Å². The zero-order valence-electron chi connectivity index (χ0n) is 15.6. The number of nitrogens with one attached hydrogen (secondary N) is 1. The Hall–Kier alpha value is -3.65. The lowest BCUT2D eigenvalue weighted by Crippen LogP contribution is -2.02. The largest absolute Gasteiger partial charge is 0.450 e. The Balaban J connectivity index is 1.75.